The van der Waals surface area contributed by atoms with Crippen LogP contribution in [-0.4, -0.2) is 39.1 Å². The Morgan fingerprint density at radius 3 is 3.06 bits per heavy atom. The average molecular weight is 219 g/mol. The molecule has 6 heteroatoms. The van der Waals surface area contributed by atoms with E-state index in [1.54, 1.807) is 12.4 Å². The van der Waals surface area contributed by atoms with E-state index in [0.29, 0.717) is 0 Å². The zero-order valence-electron chi connectivity index (χ0n) is 8.83. The lowest BCUT2D eigenvalue weighted by Crippen LogP contribution is -2.37. The van der Waals surface area contributed by atoms with Crippen LogP contribution in [0.1, 0.15) is 12.8 Å². The van der Waals surface area contributed by atoms with Gasteiger partial charge in [0.1, 0.15) is 12.4 Å². The molecule has 0 radical (unpaired) electrons. The number of hydrogen-bond donors (Lipinski definition) is 1. The van der Waals surface area contributed by atoms with Crippen molar-refractivity contribution in [2.45, 2.75) is 18.9 Å². The Balaban J connectivity index is 1.83. The molecule has 1 aliphatic rings. The van der Waals surface area contributed by atoms with Gasteiger partial charge in [0.05, 0.1) is 11.6 Å². The summed E-state index contributed by atoms with van der Waals surface area (Å²) in [6.07, 6.45) is 7.19. The highest BCUT2D eigenvalue weighted by molar-refractivity contribution is 5.72. The van der Waals surface area contributed by atoms with E-state index >= 15 is 0 Å². The van der Waals surface area contributed by atoms with Crippen molar-refractivity contribution in [2.24, 2.45) is 0 Å². The summed E-state index contributed by atoms with van der Waals surface area (Å²) >= 11 is 0. The maximum absolute atomic E-state index is 5.78. The number of hydrogen-bond acceptors (Lipinski definition) is 5. The van der Waals surface area contributed by atoms with Gasteiger partial charge in [0.2, 0.25) is 5.65 Å². The third-order valence-corrected chi connectivity index (χ3v) is 2.74. The first-order valence-corrected chi connectivity index (χ1v) is 5.45. The molecule has 1 aliphatic heterocycles. The van der Waals surface area contributed by atoms with Crippen molar-refractivity contribution in [2.75, 3.05) is 13.1 Å². The third kappa shape index (κ3) is 1.71. The molecular weight excluding hydrogens is 206 g/mol. The average Bonchev–Trinajstić information content (AvgIpc) is 2.74. The standard InChI is InChI=1S/C10H13N5O/c1-3-11-4-2-9(1)16-15-10-8(6-14-15)5-12-7-13-10/h5-7,9,11H,1-4H2. The molecule has 1 N–H and O–H groups in total. The number of aromatic nitrogens is 4. The maximum Gasteiger partial charge on any atom is 0.201 e. The van der Waals surface area contributed by atoms with E-state index in [2.05, 4.69) is 20.4 Å². The van der Waals surface area contributed by atoms with Gasteiger partial charge in [-0.3, -0.25) is 0 Å². The first-order chi connectivity index (χ1) is 7.93. The van der Waals surface area contributed by atoms with Crippen LogP contribution < -0.4 is 10.2 Å². The van der Waals surface area contributed by atoms with Crippen molar-refractivity contribution in [3.63, 3.8) is 0 Å². The van der Waals surface area contributed by atoms with E-state index in [1.807, 2.05) is 0 Å². The van der Waals surface area contributed by atoms with Crippen molar-refractivity contribution in [1.29, 1.82) is 0 Å². The molecule has 84 valence electrons. The maximum atomic E-state index is 5.78. The molecule has 16 heavy (non-hydrogen) atoms. The Morgan fingerprint density at radius 2 is 2.19 bits per heavy atom. The fraction of sp³-hybridized carbons (Fsp3) is 0.500. The summed E-state index contributed by atoms with van der Waals surface area (Å²) in [6.45, 7) is 2.00. The van der Waals surface area contributed by atoms with Gasteiger partial charge in [-0.2, -0.15) is 0 Å². The molecule has 1 fully saturated rings. The van der Waals surface area contributed by atoms with Crippen LogP contribution in [-0.2, 0) is 0 Å². The normalized spacial score (nSPS) is 17.8. The summed E-state index contributed by atoms with van der Waals surface area (Å²) in [6, 6.07) is 0. The van der Waals surface area contributed by atoms with Crippen molar-refractivity contribution in [1.82, 2.24) is 25.2 Å². The van der Waals surface area contributed by atoms with E-state index in [1.165, 1.54) is 11.2 Å². The summed E-state index contributed by atoms with van der Waals surface area (Å²) < 4.78 is 0. The Hall–Kier alpha value is -1.69. The predicted octanol–water partition coefficient (Wildman–Crippen LogP) is 0.00690. The molecule has 0 unspecified atom stereocenters. The van der Waals surface area contributed by atoms with Crippen molar-refractivity contribution < 1.29 is 4.84 Å². The first-order valence-electron chi connectivity index (χ1n) is 5.45. The zero-order chi connectivity index (χ0) is 10.8. The molecule has 0 amide bonds. The fourth-order valence-electron chi connectivity index (χ4n) is 1.87. The van der Waals surface area contributed by atoms with Gasteiger partial charge < -0.3 is 10.2 Å². The van der Waals surface area contributed by atoms with Crippen LogP contribution in [0.3, 0.4) is 0 Å². The third-order valence-electron chi connectivity index (χ3n) is 2.74. The second-order valence-corrected chi connectivity index (χ2v) is 3.87. The minimum absolute atomic E-state index is 0.222. The van der Waals surface area contributed by atoms with Gasteiger partial charge in [-0.1, -0.05) is 4.85 Å². The van der Waals surface area contributed by atoms with E-state index < -0.39 is 0 Å². The van der Waals surface area contributed by atoms with Gasteiger partial charge in [-0.25, -0.2) is 9.97 Å². The van der Waals surface area contributed by atoms with Crippen molar-refractivity contribution in [3.05, 3.63) is 18.7 Å². The van der Waals surface area contributed by atoms with Gasteiger partial charge in [0.25, 0.3) is 0 Å². The van der Waals surface area contributed by atoms with Crippen LogP contribution in [0.15, 0.2) is 18.7 Å². The van der Waals surface area contributed by atoms with E-state index in [0.717, 1.165) is 37.0 Å². The Kier molecular flexibility index (Phi) is 2.41. The van der Waals surface area contributed by atoms with Crippen LogP contribution in [0.4, 0.5) is 0 Å². The Bertz CT molecular complexity index is 477. The number of nitrogens with zero attached hydrogens (tertiary/aromatic N) is 4. The van der Waals surface area contributed by atoms with E-state index in [9.17, 15) is 0 Å². The van der Waals surface area contributed by atoms with Gasteiger partial charge in [0, 0.05) is 6.20 Å². The van der Waals surface area contributed by atoms with Crippen molar-refractivity contribution >= 4 is 11.0 Å². The lowest BCUT2D eigenvalue weighted by Gasteiger charge is -2.22. The topological polar surface area (TPSA) is 64.9 Å². The molecule has 3 heterocycles. The van der Waals surface area contributed by atoms with Crippen LogP contribution in [0.2, 0.25) is 0 Å². The SMILES string of the molecule is c1ncc2cnn(OC3CCNCC3)c2n1. The number of fused-ring (bicyclic) bond motifs is 1. The summed E-state index contributed by atoms with van der Waals surface area (Å²) in [5.74, 6) is 0. The first kappa shape index (κ1) is 9.53. The largest absolute Gasteiger partial charge is 0.392 e. The Labute approximate surface area is 92.6 Å². The molecule has 2 aromatic heterocycles. The summed E-state index contributed by atoms with van der Waals surface area (Å²) in [7, 11) is 0. The van der Waals surface area contributed by atoms with Crippen LogP contribution >= 0.6 is 0 Å². The van der Waals surface area contributed by atoms with Gasteiger partial charge in [-0.15, -0.1) is 5.10 Å². The van der Waals surface area contributed by atoms with Crippen LogP contribution in [0, 0.1) is 0 Å². The van der Waals surface area contributed by atoms with Gasteiger partial charge in [-0.05, 0) is 25.9 Å². The second kappa shape index (κ2) is 4.05. The number of piperidine rings is 1. The van der Waals surface area contributed by atoms with Gasteiger partial charge >= 0.3 is 0 Å². The molecule has 0 aliphatic carbocycles. The second-order valence-electron chi connectivity index (χ2n) is 3.87. The van der Waals surface area contributed by atoms with Crippen LogP contribution in [0.25, 0.3) is 11.0 Å². The summed E-state index contributed by atoms with van der Waals surface area (Å²) in [5, 5.41) is 8.36. The summed E-state index contributed by atoms with van der Waals surface area (Å²) in [4.78, 5) is 15.4. The summed E-state index contributed by atoms with van der Waals surface area (Å²) in [5.41, 5.74) is 0.730. The predicted molar refractivity (Wildman–Crippen MR) is 57.8 cm³/mol. The molecule has 1 saturated heterocycles. The molecule has 0 aromatic carbocycles. The highest BCUT2D eigenvalue weighted by Gasteiger charge is 2.16. The Morgan fingerprint density at radius 1 is 1.31 bits per heavy atom. The molecule has 6 nitrogen and oxygen atoms in total. The monoisotopic (exact) mass is 219 g/mol. The van der Waals surface area contributed by atoms with Crippen LogP contribution in [0.5, 0.6) is 0 Å². The lowest BCUT2D eigenvalue weighted by molar-refractivity contribution is 0.00545. The molecule has 0 spiro atoms. The van der Waals surface area contributed by atoms with Gasteiger partial charge in [0.15, 0.2) is 0 Å². The molecule has 3 rings (SSSR count). The minimum atomic E-state index is 0.222. The minimum Gasteiger partial charge on any atom is -0.392 e. The zero-order valence-corrected chi connectivity index (χ0v) is 8.83. The molecule has 0 bridgehead atoms. The van der Waals surface area contributed by atoms with E-state index in [4.69, 9.17) is 4.84 Å². The van der Waals surface area contributed by atoms with Crippen molar-refractivity contribution in [3.8, 4) is 0 Å². The number of rotatable bonds is 2. The molecule has 0 atom stereocenters. The fourth-order valence-corrected chi connectivity index (χ4v) is 1.87. The molecule has 0 saturated carbocycles. The smallest absolute Gasteiger partial charge is 0.201 e. The number of nitrogens with one attached hydrogen (secondary N) is 1. The molecular formula is C10H13N5O. The van der Waals surface area contributed by atoms with E-state index in [-0.39, 0.29) is 6.10 Å². The highest BCUT2D eigenvalue weighted by atomic mass is 16.7. The molecule has 2 aromatic rings. The lowest BCUT2D eigenvalue weighted by atomic mass is 10.1. The highest BCUT2D eigenvalue weighted by Crippen LogP contribution is 2.10. The quantitative estimate of drug-likeness (QED) is 0.770.